The Hall–Kier alpha value is -1.84. The molecule has 1 heterocycles. The highest BCUT2D eigenvalue weighted by Gasteiger charge is 2.33. The zero-order chi connectivity index (χ0) is 13.8. The Kier molecular flexibility index (Phi) is 4.20. The molecule has 0 N–H and O–H groups in total. The molecular formula is C15H19NO3. The molecule has 1 fully saturated rings. The zero-order valence-electron chi connectivity index (χ0n) is 11.4. The van der Waals surface area contributed by atoms with Crippen LogP contribution in [0.4, 0.5) is 0 Å². The van der Waals surface area contributed by atoms with Crippen LogP contribution in [-0.4, -0.2) is 36.3 Å². The van der Waals surface area contributed by atoms with Crippen molar-refractivity contribution < 1.29 is 14.3 Å². The van der Waals surface area contributed by atoms with Gasteiger partial charge in [-0.3, -0.25) is 9.59 Å². The van der Waals surface area contributed by atoms with Crippen LogP contribution in [0.3, 0.4) is 0 Å². The van der Waals surface area contributed by atoms with Crippen molar-refractivity contribution in [3.05, 3.63) is 29.8 Å². The van der Waals surface area contributed by atoms with E-state index in [4.69, 9.17) is 4.74 Å². The van der Waals surface area contributed by atoms with Crippen LogP contribution in [-0.2, 0) is 4.79 Å². The first-order valence-corrected chi connectivity index (χ1v) is 6.65. The third-order valence-corrected chi connectivity index (χ3v) is 3.53. The van der Waals surface area contributed by atoms with Crippen molar-refractivity contribution >= 4 is 11.7 Å². The summed E-state index contributed by atoms with van der Waals surface area (Å²) in [6.45, 7) is 2.51. The second-order valence-electron chi connectivity index (χ2n) is 4.69. The maximum Gasteiger partial charge on any atom is 0.222 e. The molecule has 1 aromatic carbocycles. The van der Waals surface area contributed by atoms with Crippen LogP contribution in [0.5, 0.6) is 5.75 Å². The molecule has 19 heavy (non-hydrogen) atoms. The molecule has 0 bridgehead atoms. The number of hydrogen-bond acceptors (Lipinski definition) is 3. The molecular weight excluding hydrogens is 242 g/mol. The smallest absolute Gasteiger partial charge is 0.222 e. The average Bonchev–Trinajstić information content (AvgIpc) is 2.95. The minimum atomic E-state index is -0.306. The number of ketones is 1. The highest BCUT2D eigenvalue weighted by atomic mass is 16.5. The number of carbonyl (C=O) groups excluding carboxylic acids is 2. The maximum absolute atomic E-state index is 12.5. The van der Waals surface area contributed by atoms with Gasteiger partial charge in [-0.25, -0.2) is 0 Å². The van der Waals surface area contributed by atoms with E-state index in [0.29, 0.717) is 24.3 Å². The number of carbonyl (C=O) groups is 2. The van der Waals surface area contributed by atoms with E-state index in [9.17, 15) is 9.59 Å². The van der Waals surface area contributed by atoms with Crippen molar-refractivity contribution in [2.24, 2.45) is 0 Å². The van der Waals surface area contributed by atoms with Gasteiger partial charge in [-0.2, -0.15) is 0 Å². The summed E-state index contributed by atoms with van der Waals surface area (Å²) in [5.74, 6) is 0.731. The fraction of sp³-hybridized carbons (Fsp3) is 0.467. The predicted molar refractivity (Wildman–Crippen MR) is 72.4 cm³/mol. The minimum Gasteiger partial charge on any atom is -0.497 e. The summed E-state index contributed by atoms with van der Waals surface area (Å²) in [6.07, 6.45) is 2.09. The first-order chi connectivity index (χ1) is 9.17. The van der Waals surface area contributed by atoms with Gasteiger partial charge in [0.2, 0.25) is 5.91 Å². The van der Waals surface area contributed by atoms with E-state index >= 15 is 0 Å². The topological polar surface area (TPSA) is 46.6 Å². The zero-order valence-corrected chi connectivity index (χ0v) is 11.4. The van der Waals surface area contributed by atoms with Crippen LogP contribution < -0.4 is 4.74 Å². The summed E-state index contributed by atoms with van der Waals surface area (Å²) in [5.41, 5.74) is 0.611. The second kappa shape index (κ2) is 5.87. The molecule has 4 nitrogen and oxygen atoms in total. The van der Waals surface area contributed by atoms with E-state index in [1.807, 2.05) is 6.92 Å². The number of rotatable bonds is 4. The van der Waals surface area contributed by atoms with Crippen molar-refractivity contribution in [1.29, 1.82) is 0 Å². The highest BCUT2D eigenvalue weighted by Crippen LogP contribution is 2.23. The largest absolute Gasteiger partial charge is 0.497 e. The highest BCUT2D eigenvalue weighted by molar-refractivity contribution is 6.02. The summed E-state index contributed by atoms with van der Waals surface area (Å²) >= 11 is 0. The third kappa shape index (κ3) is 2.78. The summed E-state index contributed by atoms with van der Waals surface area (Å²) < 4.78 is 5.13. The van der Waals surface area contributed by atoms with Gasteiger partial charge < -0.3 is 9.64 Å². The van der Waals surface area contributed by atoms with Gasteiger partial charge in [0.25, 0.3) is 0 Å². The monoisotopic (exact) mass is 261 g/mol. The molecule has 0 aromatic heterocycles. The molecule has 1 aliphatic heterocycles. The lowest BCUT2D eigenvalue weighted by atomic mass is 10.0. The first kappa shape index (κ1) is 13.6. The number of nitrogens with zero attached hydrogens (tertiary/aromatic N) is 1. The van der Waals surface area contributed by atoms with Crippen LogP contribution in [0.25, 0.3) is 0 Å². The van der Waals surface area contributed by atoms with Crippen LogP contribution >= 0.6 is 0 Å². The molecule has 0 aliphatic carbocycles. The number of hydrogen-bond donors (Lipinski definition) is 0. The van der Waals surface area contributed by atoms with Crippen molar-refractivity contribution in [3.63, 3.8) is 0 Å². The van der Waals surface area contributed by atoms with Gasteiger partial charge in [-0.05, 0) is 25.0 Å². The van der Waals surface area contributed by atoms with Crippen LogP contribution in [0.1, 0.15) is 36.5 Å². The normalized spacial score (nSPS) is 18.4. The molecule has 1 amide bonds. The van der Waals surface area contributed by atoms with Gasteiger partial charge in [-0.1, -0.05) is 19.1 Å². The third-order valence-electron chi connectivity index (χ3n) is 3.53. The van der Waals surface area contributed by atoms with E-state index in [1.165, 1.54) is 0 Å². The van der Waals surface area contributed by atoms with E-state index in [2.05, 4.69) is 0 Å². The lowest BCUT2D eigenvalue weighted by Crippen LogP contribution is -2.40. The number of benzene rings is 1. The maximum atomic E-state index is 12.5. The van der Waals surface area contributed by atoms with Gasteiger partial charge in [0.15, 0.2) is 5.78 Å². The Balaban J connectivity index is 2.20. The van der Waals surface area contributed by atoms with Gasteiger partial charge in [0.1, 0.15) is 5.75 Å². The Morgan fingerprint density at radius 2 is 2.21 bits per heavy atom. The van der Waals surface area contributed by atoms with E-state index in [1.54, 1.807) is 36.3 Å². The van der Waals surface area contributed by atoms with E-state index in [-0.39, 0.29) is 17.7 Å². The number of methoxy groups -OCH3 is 1. The standard InChI is InChI=1S/C15H19NO3/c1-3-14(17)16-9-5-8-13(16)15(18)11-6-4-7-12(10-11)19-2/h4,6-7,10,13H,3,5,8-9H2,1-2H3. The molecule has 1 saturated heterocycles. The van der Waals surface area contributed by atoms with Crippen molar-refractivity contribution in [3.8, 4) is 5.75 Å². The molecule has 1 unspecified atom stereocenters. The van der Waals surface area contributed by atoms with Crippen LogP contribution in [0.15, 0.2) is 24.3 Å². The molecule has 4 heteroatoms. The quantitative estimate of drug-likeness (QED) is 0.781. The molecule has 1 atom stereocenters. The summed E-state index contributed by atoms with van der Waals surface area (Å²) in [7, 11) is 1.58. The van der Waals surface area contributed by atoms with Gasteiger partial charge in [0.05, 0.1) is 13.2 Å². The fourth-order valence-electron chi connectivity index (χ4n) is 2.51. The number of likely N-dealkylation sites (tertiary alicyclic amines) is 1. The molecule has 1 aliphatic rings. The van der Waals surface area contributed by atoms with Crippen LogP contribution in [0, 0.1) is 0 Å². The number of amides is 1. The lowest BCUT2D eigenvalue weighted by Gasteiger charge is -2.23. The first-order valence-electron chi connectivity index (χ1n) is 6.65. The van der Waals surface area contributed by atoms with Crippen molar-refractivity contribution in [2.45, 2.75) is 32.2 Å². The Morgan fingerprint density at radius 3 is 2.89 bits per heavy atom. The van der Waals surface area contributed by atoms with Gasteiger partial charge in [-0.15, -0.1) is 0 Å². The predicted octanol–water partition coefficient (Wildman–Crippen LogP) is 2.28. The summed E-state index contributed by atoms with van der Waals surface area (Å²) in [5, 5.41) is 0. The molecule has 102 valence electrons. The van der Waals surface area contributed by atoms with Gasteiger partial charge in [0, 0.05) is 18.5 Å². The van der Waals surface area contributed by atoms with Crippen LogP contribution in [0.2, 0.25) is 0 Å². The second-order valence-corrected chi connectivity index (χ2v) is 4.69. The molecule has 2 rings (SSSR count). The fourth-order valence-corrected chi connectivity index (χ4v) is 2.51. The SMILES string of the molecule is CCC(=O)N1CCCC1C(=O)c1cccc(OC)c1. The summed E-state index contributed by atoms with van der Waals surface area (Å²) in [4.78, 5) is 26.0. The average molecular weight is 261 g/mol. The molecule has 0 spiro atoms. The van der Waals surface area contributed by atoms with E-state index < -0.39 is 0 Å². The molecule has 0 radical (unpaired) electrons. The molecule has 1 aromatic rings. The summed E-state index contributed by atoms with van der Waals surface area (Å²) in [6, 6.07) is 6.81. The lowest BCUT2D eigenvalue weighted by molar-refractivity contribution is -0.131. The van der Waals surface area contributed by atoms with Gasteiger partial charge >= 0.3 is 0 Å². The Bertz CT molecular complexity index is 484. The molecule has 0 saturated carbocycles. The van der Waals surface area contributed by atoms with E-state index in [0.717, 1.165) is 12.8 Å². The van der Waals surface area contributed by atoms with Crippen molar-refractivity contribution in [2.75, 3.05) is 13.7 Å². The van der Waals surface area contributed by atoms with Crippen molar-refractivity contribution in [1.82, 2.24) is 4.90 Å². The number of Topliss-reactive ketones (excluding diaryl/α,β-unsaturated/α-hetero) is 1. The number of ether oxygens (including phenoxy) is 1. The minimum absolute atomic E-state index is 0.0122. The Labute approximate surface area is 113 Å². The Morgan fingerprint density at radius 1 is 1.42 bits per heavy atom.